The lowest BCUT2D eigenvalue weighted by Crippen LogP contribution is -2.33. The smallest absolute Gasteiger partial charge is 0.167 e. The molecule has 18 heavy (non-hydrogen) atoms. The molecule has 2 saturated heterocycles. The van der Waals surface area contributed by atoms with E-state index in [-0.39, 0.29) is 5.82 Å². The van der Waals surface area contributed by atoms with Gasteiger partial charge in [-0.2, -0.15) is 0 Å². The van der Waals surface area contributed by atoms with Crippen LogP contribution in [0.2, 0.25) is 0 Å². The molecule has 3 nitrogen and oxygen atoms in total. The van der Waals surface area contributed by atoms with E-state index in [1.807, 2.05) is 6.07 Å². The van der Waals surface area contributed by atoms with Gasteiger partial charge in [0.1, 0.15) is 0 Å². The molecule has 2 fully saturated rings. The second kappa shape index (κ2) is 4.76. The van der Waals surface area contributed by atoms with E-state index >= 15 is 0 Å². The van der Waals surface area contributed by atoms with Gasteiger partial charge in [-0.15, -0.1) is 0 Å². The van der Waals surface area contributed by atoms with Crippen LogP contribution in [0.1, 0.15) is 19.3 Å². The lowest BCUT2D eigenvalue weighted by atomic mass is 10.1. The number of hydrogen-bond acceptors (Lipinski definition) is 3. The molecule has 0 aromatic heterocycles. The zero-order valence-corrected chi connectivity index (χ0v) is 10.7. The molecule has 0 radical (unpaired) electrons. The first-order chi connectivity index (χ1) is 8.78. The minimum absolute atomic E-state index is 0.300. The van der Waals surface area contributed by atoms with E-state index in [2.05, 4.69) is 10.2 Å². The standard InChI is InChI=1S/C14H19FN2O/c1-18-14-5-4-10(9-11(14)15)16-12-6-8-17-7-2-3-13(12)17/h4-5,9,12-13,16H,2-3,6-8H2,1H3. The molecule has 2 aliphatic heterocycles. The number of hydrogen-bond donors (Lipinski definition) is 1. The molecular weight excluding hydrogens is 231 g/mol. The molecule has 3 rings (SSSR count). The van der Waals surface area contributed by atoms with E-state index in [1.54, 1.807) is 6.07 Å². The molecule has 0 saturated carbocycles. The Labute approximate surface area is 107 Å². The number of rotatable bonds is 3. The normalized spacial score (nSPS) is 27.2. The third kappa shape index (κ3) is 2.05. The van der Waals surface area contributed by atoms with Crippen molar-refractivity contribution in [1.29, 1.82) is 0 Å². The third-order valence-corrected chi connectivity index (χ3v) is 4.11. The van der Waals surface area contributed by atoms with Crippen LogP contribution in [0.15, 0.2) is 18.2 Å². The zero-order chi connectivity index (χ0) is 12.5. The van der Waals surface area contributed by atoms with Crippen molar-refractivity contribution in [3.8, 4) is 5.75 Å². The van der Waals surface area contributed by atoms with Crippen LogP contribution < -0.4 is 10.1 Å². The van der Waals surface area contributed by atoms with Crippen molar-refractivity contribution in [2.75, 3.05) is 25.5 Å². The Morgan fingerprint density at radius 2 is 2.22 bits per heavy atom. The average molecular weight is 250 g/mol. The number of methoxy groups -OCH3 is 1. The van der Waals surface area contributed by atoms with E-state index in [0.29, 0.717) is 17.8 Å². The Kier molecular flexibility index (Phi) is 3.12. The fourth-order valence-electron chi connectivity index (χ4n) is 3.22. The molecular formula is C14H19FN2O. The van der Waals surface area contributed by atoms with Crippen molar-refractivity contribution in [3.63, 3.8) is 0 Å². The second-order valence-corrected chi connectivity index (χ2v) is 5.13. The summed E-state index contributed by atoms with van der Waals surface area (Å²) >= 11 is 0. The summed E-state index contributed by atoms with van der Waals surface area (Å²) in [4.78, 5) is 2.54. The van der Waals surface area contributed by atoms with Crippen LogP contribution in [-0.4, -0.2) is 37.2 Å². The van der Waals surface area contributed by atoms with Gasteiger partial charge >= 0.3 is 0 Å². The van der Waals surface area contributed by atoms with Gasteiger partial charge in [0.25, 0.3) is 0 Å². The highest BCUT2D eigenvalue weighted by atomic mass is 19.1. The van der Waals surface area contributed by atoms with Crippen molar-refractivity contribution in [2.45, 2.75) is 31.3 Å². The molecule has 1 N–H and O–H groups in total. The molecule has 0 aliphatic carbocycles. The highest BCUT2D eigenvalue weighted by molar-refractivity contribution is 5.48. The first-order valence-electron chi connectivity index (χ1n) is 6.62. The lowest BCUT2D eigenvalue weighted by molar-refractivity contribution is 0.318. The zero-order valence-electron chi connectivity index (χ0n) is 10.7. The minimum Gasteiger partial charge on any atom is -0.494 e. The predicted molar refractivity (Wildman–Crippen MR) is 69.6 cm³/mol. The topological polar surface area (TPSA) is 24.5 Å². The van der Waals surface area contributed by atoms with E-state index in [9.17, 15) is 4.39 Å². The number of anilines is 1. The summed E-state index contributed by atoms with van der Waals surface area (Å²) in [6.07, 6.45) is 3.70. The average Bonchev–Trinajstić information content (AvgIpc) is 2.94. The molecule has 2 atom stereocenters. The Balaban J connectivity index is 1.71. The number of ether oxygens (including phenoxy) is 1. The van der Waals surface area contributed by atoms with Gasteiger partial charge < -0.3 is 10.1 Å². The van der Waals surface area contributed by atoms with Gasteiger partial charge in [-0.3, -0.25) is 4.90 Å². The van der Waals surface area contributed by atoms with Gasteiger partial charge in [-0.1, -0.05) is 0 Å². The number of halogens is 1. The van der Waals surface area contributed by atoms with Gasteiger partial charge in [0, 0.05) is 30.4 Å². The first-order valence-corrected chi connectivity index (χ1v) is 6.62. The lowest BCUT2D eigenvalue weighted by Gasteiger charge is -2.22. The Bertz CT molecular complexity index is 438. The van der Waals surface area contributed by atoms with Crippen LogP contribution in [0.3, 0.4) is 0 Å². The maximum absolute atomic E-state index is 13.6. The molecule has 0 amide bonds. The third-order valence-electron chi connectivity index (χ3n) is 4.11. The van der Waals surface area contributed by atoms with Crippen molar-refractivity contribution in [1.82, 2.24) is 4.90 Å². The van der Waals surface area contributed by atoms with Crippen molar-refractivity contribution in [2.24, 2.45) is 0 Å². The summed E-state index contributed by atoms with van der Waals surface area (Å²) in [5.74, 6) is -0.00163. The number of fused-ring (bicyclic) bond motifs is 1. The molecule has 0 bridgehead atoms. The maximum Gasteiger partial charge on any atom is 0.167 e. The van der Waals surface area contributed by atoms with Gasteiger partial charge in [-0.25, -0.2) is 4.39 Å². The summed E-state index contributed by atoms with van der Waals surface area (Å²) in [5.41, 5.74) is 0.854. The summed E-state index contributed by atoms with van der Waals surface area (Å²) < 4.78 is 18.5. The van der Waals surface area contributed by atoms with Crippen LogP contribution in [0.25, 0.3) is 0 Å². The van der Waals surface area contributed by atoms with Crippen LogP contribution >= 0.6 is 0 Å². The maximum atomic E-state index is 13.6. The monoisotopic (exact) mass is 250 g/mol. The van der Waals surface area contributed by atoms with Gasteiger partial charge in [-0.05, 0) is 37.9 Å². The van der Waals surface area contributed by atoms with Crippen molar-refractivity contribution in [3.05, 3.63) is 24.0 Å². The molecule has 2 unspecified atom stereocenters. The van der Waals surface area contributed by atoms with E-state index < -0.39 is 0 Å². The van der Waals surface area contributed by atoms with E-state index in [0.717, 1.165) is 12.1 Å². The van der Waals surface area contributed by atoms with E-state index in [4.69, 9.17) is 4.74 Å². The fraction of sp³-hybridized carbons (Fsp3) is 0.571. The quantitative estimate of drug-likeness (QED) is 0.892. The molecule has 2 aliphatic rings. The van der Waals surface area contributed by atoms with Crippen LogP contribution in [0.5, 0.6) is 5.75 Å². The summed E-state index contributed by atoms with van der Waals surface area (Å²) in [6.45, 7) is 2.39. The Hall–Kier alpha value is -1.29. The molecule has 0 spiro atoms. The molecule has 98 valence electrons. The molecule has 2 heterocycles. The van der Waals surface area contributed by atoms with Crippen LogP contribution in [0, 0.1) is 5.82 Å². The van der Waals surface area contributed by atoms with Gasteiger partial charge in [0.05, 0.1) is 7.11 Å². The minimum atomic E-state index is -0.302. The SMILES string of the molecule is COc1ccc(NC2CCN3CCCC23)cc1F. The molecule has 4 heteroatoms. The van der Waals surface area contributed by atoms with Crippen molar-refractivity contribution >= 4 is 5.69 Å². The number of nitrogens with zero attached hydrogens (tertiary/aromatic N) is 1. The van der Waals surface area contributed by atoms with Crippen LogP contribution in [-0.2, 0) is 0 Å². The number of benzene rings is 1. The summed E-state index contributed by atoms with van der Waals surface area (Å²) in [5, 5.41) is 3.47. The predicted octanol–water partition coefficient (Wildman–Crippen LogP) is 2.48. The van der Waals surface area contributed by atoms with Gasteiger partial charge in [0.2, 0.25) is 0 Å². The highest BCUT2D eigenvalue weighted by Gasteiger charge is 2.36. The fourth-order valence-corrected chi connectivity index (χ4v) is 3.22. The number of nitrogens with one attached hydrogen (secondary N) is 1. The Morgan fingerprint density at radius 1 is 1.33 bits per heavy atom. The molecule has 1 aromatic rings. The largest absolute Gasteiger partial charge is 0.494 e. The Morgan fingerprint density at radius 3 is 3.00 bits per heavy atom. The second-order valence-electron chi connectivity index (χ2n) is 5.13. The summed E-state index contributed by atoms with van der Waals surface area (Å²) in [6, 6.07) is 6.19. The van der Waals surface area contributed by atoms with E-state index in [1.165, 1.54) is 39.1 Å². The molecule has 1 aromatic carbocycles. The van der Waals surface area contributed by atoms with Crippen LogP contribution in [0.4, 0.5) is 10.1 Å². The van der Waals surface area contributed by atoms with Gasteiger partial charge in [0.15, 0.2) is 11.6 Å². The summed E-state index contributed by atoms with van der Waals surface area (Å²) in [7, 11) is 1.49. The first kappa shape index (κ1) is 11.8. The highest BCUT2D eigenvalue weighted by Crippen LogP contribution is 2.30. The van der Waals surface area contributed by atoms with Crippen molar-refractivity contribution < 1.29 is 9.13 Å².